The van der Waals surface area contributed by atoms with E-state index in [9.17, 15) is 4.79 Å². The zero-order valence-electron chi connectivity index (χ0n) is 8.27. The molecule has 0 spiro atoms. The number of carbonyl (C=O) groups is 1. The second-order valence-corrected chi connectivity index (χ2v) is 3.15. The third-order valence-corrected chi connectivity index (χ3v) is 1.99. The fourth-order valence-electron chi connectivity index (χ4n) is 1.24. The van der Waals surface area contributed by atoms with Gasteiger partial charge in [-0.3, -0.25) is 14.5 Å². The summed E-state index contributed by atoms with van der Waals surface area (Å²) < 4.78 is 1.70. The lowest BCUT2D eigenvalue weighted by molar-refractivity contribution is -0.111. The van der Waals surface area contributed by atoms with E-state index in [2.05, 4.69) is 22.1 Å². The van der Waals surface area contributed by atoms with Gasteiger partial charge >= 0.3 is 0 Å². The number of hydrogen-bond donors (Lipinski definition) is 1. The van der Waals surface area contributed by atoms with Gasteiger partial charge < -0.3 is 0 Å². The van der Waals surface area contributed by atoms with E-state index in [1.165, 1.54) is 6.08 Å². The smallest absolute Gasteiger partial charge is 0.250 e. The summed E-state index contributed by atoms with van der Waals surface area (Å²) in [6.45, 7) is 5.33. The van der Waals surface area contributed by atoms with Crippen LogP contribution in [0.15, 0.2) is 31.0 Å². The zero-order valence-corrected chi connectivity index (χ0v) is 8.27. The van der Waals surface area contributed by atoms with Crippen LogP contribution in [0, 0.1) is 6.92 Å². The predicted molar refractivity (Wildman–Crippen MR) is 56.6 cm³/mol. The first-order valence-electron chi connectivity index (χ1n) is 4.45. The van der Waals surface area contributed by atoms with Gasteiger partial charge in [0.25, 0.3) is 0 Å². The SMILES string of the molecule is C=CC(=O)Nc1nnc2cc(C)ccn12. The monoisotopic (exact) mass is 202 g/mol. The number of anilines is 1. The van der Waals surface area contributed by atoms with Crippen LogP contribution in [0.1, 0.15) is 5.56 Å². The lowest BCUT2D eigenvalue weighted by atomic mass is 10.3. The quantitative estimate of drug-likeness (QED) is 0.743. The van der Waals surface area contributed by atoms with Crippen molar-refractivity contribution in [3.63, 3.8) is 0 Å². The highest BCUT2D eigenvalue weighted by molar-refractivity contribution is 5.97. The lowest BCUT2D eigenvalue weighted by Gasteiger charge is -1.99. The summed E-state index contributed by atoms with van der Waals surface area (Å²) >= 11 is 0. The topological polar surface area (TPSA) is 59.3 Å². The van der Waals surface area contributed by atoms with Crippen molar-refractivity contribution in [3.05, 3.63) is 36.5 Å². The third-order valence-electron chi connectivity index (χ3n) is 1.99. The number of carbonyl (C=O) groups excluding carboxylic acids is 1. The number of fused-ring (bicyclic) bond motifs is 1. The molecule has 2 aromatic heterocycles. The van der Waals surface area contributed by atoms with E-state index in [4.69, 9.17) is 0 Å². The minimum absolute atomic E-state index is 0.301. The summed E-state index contributed by atoms with van der Waals surface area (Å²) in [5.74, 6) is 0.0970. The van der Waals surface area contributed by atoms with Gasteiger partial charge in [0.15, 0.2) is 5.65 Å². The molecule has 2 rings (SSSR count). The number of nitrogens with zero attached hydrogens (tertiary/aromatic N) is 3. The Morgan fingerprint density at radius 3 is 3.13 bits per heavy atom. The predicted octanol–water partition coefficient (Wildman–Crippen LogP) is 1.16. The van der Waals surface area contributed by atoms with Crippen LogP contribution in [0.5, 0.6) is 0 Å². The Morgan fingerprint density at radius 2 is 2.40 bits per heavy atom. The van der Waals surface area contributed by atoms with E-state index >= 15 is 0 Å². The number of aromatic nitrogens is 3. The largest absolute Gasteiger partial charge is 0.291 e. The van der Waals surface area contributed by atoms with Gasteiger partial charge in [-0.2, -0.15) is 0 Å². The number of amides is 1. The summed E-state index contributed by atoms with van der Waals surface area (Å²) in [6, 6.07) is 3.80. The molecule has 2 heterocycles. The molecule has 0 saturated carbocycles. The van der Waals surface area contributed by atoms with Crippen molar-refractivity contribution in [2.45, 2.75) is 6.92 Å². The molecule has 0 atom stereocenters. The molecule has 0 bridgehead atoms. The highest BCUT2D eigenvalue weighted by Crippen LogP contribution is 2.09. The molecule has 0 fully saturated rings. The van der Waals surface area contributed by atoms with Gasteiger partial charge in [-0.1, -0.05) is 6.58 Å². The molecule has 0 saturated heterocycles. The van der Waals surface area contributed by atoms with Gasteiger partial charge in [0.1, 0.15) is 0 Å². The first kappa shape index (κ1) is 9.39. The maximum atomic E-state index is 11.1. The minimum atomic E-state index is -0.301. The van der Waals surface area contributed by atoms with Crippen molar-refractivity contribution in [3.8, 4) is 0 Å². The van der Waals surface area contributed by atoms with Crippen LogP contribution >= 0.6 is 0 Å². The van der Waals surface area contributed by atoms with Crippen molar-refractivity contribution < 1.29 is 4.79 Å². The van der Waals surface area contributed by atoms with E-state index in [1.54, 1.807) is 4.40 Å². The van der Waals surface area contributed by atoms with Crippen molar-refractivity contribution in [1.82, 2.24) is 14.6 Å². The number of aryl methyl sites for hydroxylation is 1. The molecular weight excluding hydrogens is 192 g/mol. The van der Waals surface area contributed by atoms with Gasteiger partial charge in [-0.05, 0) is 30.7 Å². The van der Waals surface area contributed by atoms with Crippen LogP contribution in [0.25, 0.3) is 5.65 Å². The Kier molecular flexibility index (Phi) is 2.21. The maximum absolute atomic E-state index is 11.1. The Morgan fingerprint density at radius 1 is 1.60 bits per heavy atom. The Balaban J connectivity index is 2.45. The second kappa shape index (κ2) is 3.53. The Labute approximate surface area is 86.4 Å². The molecule has 0 aromatic carbocycles. The van der Waals surface area contributed by atoms with Gasteiger partial charge in [-0.15, -0.1) is 10.2 Å². The van der Waals surface area contributed by atoms with E-state index in [0.717, 1.165) is 5.56 Å². The number of nitrogens with one attached hydrogen (secondary N) is 1. The maximum Gasteiger partial charge on any atom is 0.250 e. The van der Waals surface area contributed by atoms with Gasteiger partial charge in [-0.25, -0.2) is 0 Å². The first-order valence-corrected chi connectivity index (χ1v) is 4.45. The van der Waals surface area contributed by atoms with Crippen LogP contribution in [0.2, 0.25) is 0 Å². The number of hydrogen-bond acceptors (Lipinski definition) is 3. The van der Waals surface area contributed by atoms with Crippen molar-refractivity contribution in [1.29, 1.82) is 0 Å². The summed E-state index contributed by atoms with van der Waals surface area (Å²) in [4.78, 5) is 11.1. The van der Waals surface area contributed by atoms with Crippen LogP contribution in [-0.2, 0) is 4.79 Å². The molecule has 2 aromatic rings. The molecule has 1 N–H and O–H groups in total. The highest BCUT2D eigenvalue weighted by atomic mass is 16.1. The number of pyridine rings is 1. The molecule has 5 nitrogen and oxygen atoms in total. The van der Waals surface area contributed by atoms with Crippen LogP contribution < -0.4 is 5.32 Å². The molecule has 0 aliphatic rings. The van der Waals surface area contributed by atoms with Crippen LogP contribution in [-0.4, -0.2) is 20.5 Å². The third kappa shape index (κ3) is 1.71. The molecule has 1 amide bonds. The lowest BCUT2D eigenvalue weighted by Crippen LogP contribution is -2.10. The molecule has 5 heteroatoms. The Hall–Kier alpha value is -2.17. The standard InChI is InChI=1S/C10H10N4O/c1-3-9(15)11-10-13-12-8-6-7(2)4-5-14(8)10/h3-6H,1H2,2H3,(H,11,13,15). The molecule has 0 radical (unpaired) electrons. The molecule has 0 aliphatic heterocycles. The fraction of sp³-hybridized carbons (Fsp3) is 0.100. The van der Waals surface area contributed by atoms with Gasteiger partial charge in [0.05, 0.1) is 0 Å². The molecular formula is C10H10N4O. The molecule has 76 valence electrons. The van der Waals surface area contributed by atoms with Crippen molar-refractivity contribution in [2.75, 3.05) is 5.32 Å². The second-order valence-electron chi connectivity index (χ2n) is 3.15. The van der Waals surface area contributed by atoms with E-state index in [0.29, 0.717) is 11.6 Å². The van der Waals surface area contributed by atoms with E-state index in [1.807, 2.05) is 25.3 Å². The zero-order chi connectivity index (χ0) is 10.8. The molecule has 0 aliphatic carbocycles. The van der Waals surface area contributed by atoms with E-state index in [-0.39, 0.29) is 5.91 Å². The van der Waals surface area contributed by atoms with E-state index < -0.39 is 0 Å². The van der Waals surface area contributed by atoms with Crippen LogP contribution in [0.3, 0.4) is 0 Å². The molecule has 0 unspecified atom stereocenters. The average molecular weight is 202 g/mol. The van der Waals surface area contributed by atoms with Gasteiger partial charge in [0.2, 0.25) is 11.9 Å². The normalized spacial score (nSPS) is 10.2. The highest BCUT2D eigenvalue weighted by Gasteiger charge is 2.06. The first-order chi connectivity index (χ1) is 7.20. The summed E-state index contributed by atoms with van der Waals surface area (Å²) in [5, 5.41) is 10.4. The number of rotatable bonds is 2. The Bertz CT molecular complexity index is 529. The summed E-state index contributed by atoms with van der Waals surface area (Å²) in [6.07, 6.45) is 3.00. The van der Waals surface area contributed by atoms with Crippen molar-refractivity contribution in [2.24, 2.45) is 0 Å². The fourth-order valence-corrected chi connectivity index (χ4v) is 1.24. The minimum Gasteiger partial charge on any atom is -0.291 e. The van der Waals surface area contributed by atoms with Crippen molar-refractivity contribution >= 4 is 17.5 Å². The summed E-state index contributed by atoms with van der Waals surface area (Å²) in [5.41, 5.74) is 1.80. The van der Waals surface area contributed by atoms with Gasteiger partial charge in [0, 0.05) is 6.20 Å². The van der Waals surface area contributed by atoms with Crippen LogP contribution in [0.4, 0.5) is 5.95 Å². The summed E-state index contributed by atoms with van der Waals surface area (Å²) in [7, 11) is 0. The average Bonchev–Trinajstić information content (AvgIpc) is 2.60. The molecule has 15 heavy (non-hydrogen) atoms.